The highest BCUT2D eigenvalue weighted by molar-refractivity contribution is 6.24. The van der Waals surface area contributed by atoms with Crippen LogP contribution in [0.4, 0.5) is 34.1 Å². The first-order valence-corrected chi connectivity index (χ1v) is 49.9. The summed E-state index contributed by atoms with van der Waals surface area (Å²) in [7, 11) is 0. The van der Waals surface area contributed by atoms with Gasteiger partial charge in [0.05, 0.1) is 22.1 Å². The van der Waals surface area contributed by atoms with Crippen LogP contribution in [0.1, 0.15) is 43.4 Å². The van der Waals surface area contributed by atoms with Crippen molar-refractivity contribution in [2.45, 2.75) is 32.1 Å². The lowest BCUT2D eigenvalue weighted by Gasteiger charge is -2.27. The van der Waals surface area contributed by atoms with E-state index in [1.54, 1.807) is 0 Å². The summed E-state index contributed by atoms with van der Waals surface area (Å²) in [6, 6.07) is 188. The number of hydrogen-bond acceptors (Lipinski definition) is 2. The lowest BCUT2D eigenvalue weighted by molar-refractivity contribution is 0.660. The zero-order valence-electron chi connectivity index (χ0n) is 79.4. The van der Waals surface area contributed by atoms with E-state index in [-0.39, 0.29) is 5.41 Å². The molecule has 0 unspecified atom stereocenters. The molecule has 0 N–H and O–H groups in total. The smallest absolute Gasteiger partial charge is 0.0541 e. The highest BCUT2D eigenvalue weighted by atomic mass is 15.1. The summed E-state index contributed by atoms with van der Waals surface area (Å²) in [4.78, 5) is 4.83. The molecule has 0 amide bonds. The van der Waals surface area contributed by atoms with Crippen LogP contribution < -0.4 is 9.80 Å². The van der Waals surface area contributed by atoms with Gasteiger partial charge in [-0.15, -0.1) is 0 Å². The number of rotatable bonds is 18. The maximum atomic E-state index is 2.48. The molecule has 0 saturated carbocycles. The molecule has 4 heteroatoms. The second kappa shape index (κ2) is 34.7. The number of fused-ring (bicyclic) bond motifs is 13. The summed E-state index contributed by atoms with van der Waals surface area (Å²) in [6.45, 7) is 4.81. The maximum absolute atomic E-state index is 2.48. The fourth-order valence-corrected chi connectivity index (χ4v) is 23.5. The molecule has 2 aromatic heterocycles. The molecule has 27 rings (SSSR count). The molecule has 0 fully saturated rings. The van der Waals surface area contributed by atoms with Gasteiger partial charge >= 0.3 is 0 Å². The molecule has 0 saturated heterocycles. The van der Waals surface area contributed by atoms with Gasteiger partial charge < -0.3 is 18.9 Å². The van der Waals surface area contributed by atoms with Crippen molar-refractivity contribution in [1.29, 1.82) is 0 Å². The fourth-order valence-electron chi connectivity index (χ4n) is 23.5. The van der Waals surface area contributed by atoms with Crippen LogP contribution in [0.3, 0.4) is 0 Å². The monoisotopic (exact) mass is 1820 g/mol. The Morgan fingerprint density at radius 3 is 0.874 bits per heavy atom. The summed E-state index contributed by atoms with van der Waals surface area (Å²) < 4.78 is 4.84. The standard InChI is InChI=1S/C139H96N4/c1-139(2)128-48-26-23-47-124(128)138-125(89-105(90-129(138)139)97-61-77-110(78-62-97)141(109-75-59-95(60-76-109)103-69-85-132-126(87-103)114-37-24-27-49-130(114)142(132)106-35-13-6-14-36-106)112-83-67-102(68-84-112)137-122-45-21-17-41-118(122)135(100-33-11-5-12-34-100)119-42-18-22-46-123(119)137)98-63-79-113(80-64-98)143-131-50-28-25-38-115(131)127-88-104(70-86-133(127)143)96-57-73-108(74-58-96)140(107-71-55-94(56-72-107)93-53-51-92(52-54-93)91-29-7-3-8-30-91)111-81-65-101(66-82-111)136-120-43-19-15-39-116(120)134(99-31-9-4-10-32-99)117-40-16-20-44-121(117)136/h4-7,9-90H,3,8H2,1-2H3. The van der Waals surface area contributed by atoms with Crippen LogP contribution in [0.15, 0.2) is 522 Å². The molecule has 143 heavy (non-hydrogen) atoms. The number of aromatic nitrogens is 2. The first-order valence-electron chi connectivity index (χ1n) is 49.9. The van der Waals surface area contributed by atoms with E-state index in [2.05, 4.69) is 555 Å². The number of benzene rings is 23. The van der Waals surface area contributed by atoms with Crippen molar-refractivity contribution in [2.24, 2.45) is 0 Å². The van der Waals surface area contributed by atoms with E-state index >= 15 is 0 Å². The Hall–Kier alpha value is -18.2. The average molecular weight is 1820 g/mol. The molecular formula is C139H96N4. The number of allylic oxidation sites excluding steroid dienone is 4. The van der Waals surface area contributed by atoms with Crippen LogP contribution >= 0.6 is 0 Å². The number of para-hydroxylation sites is 3. The maximum Gasteiger partial charge on any atom is 0.0541 e. The highest BCUT2D eigenvalue weighted by Gasteiger charge is 2.38. The first kappa shape index (κ1) is 84.1. The molecule has 25 aromatic rings. The van der Waals surface area contributed by atoms with Crippen molar-refractivity contribution in [3.63, 3.8) is 0 Å². The Labute approximate surface area is 832 Å². The van der Waals surface area contributed by atoms with Gasteiger partial charge in [-0.05, 0) is 335 Å². The molecule has 672 valence electrons. The first-order chi connectivity index (χ1) is 70.7. The second-order valence-electron chi connectivity index (χ2n) is 38.8. The largest absolute Gasteiger partial charge is 0.311 e. The topological polar surface area (TPSA) is 16.3 Å². The van der Waals surface area contributed by atoms with E-state index in [0.717, 1.165) is 97.2 Å². The molecule has 0 atom stereocenters. The van der Waals surface area contributed by atoms with Crippen LogP contribution in [-0.4, -0.2) is 9.13 Å². The van der Waals surface area contributed by atoms with Crippen LogP contribution in [0.5, 0.6) is 0 Å². The van der Waals surface area contributed by atoms with Crippen molar-refractivity contribution in [3.05, 3.63) is 538 Å². The summed E-state index contributed by atoms with van der Waals surface area (Å²) >= 11 is 0. The third-order valence-electron chi connectivity index (χ3n) is 30.3. The van der Waals surface area contributed by atoms with Crippen LogP contribution in [0.2, 0.25) is 0 Å². The molecule has 4 nitrogen and oxygen atoms in total. The van der Waals surface area contributed by atoms with E-state index < -0.39 is 0 Å². The van der Waals surface area contributed by atoms with Crippen LogP contribution in [-0.2, 0) is 5.41 Å². The zero-order valence-corrected chi connectivity index (χ0v) is 79.4. The van der Waals surface area contributed by atoms with Gasteiger partial charge in [0.15, 0.2) is 0 Å². The molecule has 0 radical (unpaired) electrons. The zero-order chi connectivity index (χ0) is 94.7. The predicted molar refractivity (Wildman–Crippen MR) is 607 cm³/mol. The van der Waals surface area contributed by atoms with Gasteiger partial charge in [0, 0.05) is 72.5 Å². The predicted octanol–water partition coefficient (Wildman–Crippen LogP) is 38.5. The molecule has 23 aromatic carbocycles. The quantitative estimate of drug-likeness (QED) is 0.0796. The van der Waals surface area contributed by atoms with Gasteiger partial charge in [-0.3, -0.25) is 0 Å². The Morgan fingerprint density at radius 1 is 0.189 bits per heavy atom. The van der Waals surface area contributed by atoms with Crippen LogP contribution in [0.25, 0.3) is 215 Å². The van der Waals surface area contributed by atoms with Gasteiger partial charge in [0.1, 0.15) is 0 Å². The molecular weight excluding hydrogens is 1730 g/mol. The molecule has 0 spiro atoms. The lowest BCUT2D eigenvalue weighted by Crippen LogP contribution is -2.15. The lowest BCUT2D eigenvalue weighted by atomic mass is 9.80. The van der Waals surface area contributed by atoms with Gasteiger partial charge in [0.25, 0.3) is 0 Å². The Kier molecular flexibility index (Phi) is 20.4. The van der Waals surface area contributed by atoms with E-state index in [0.29, 0.717) is 0 Å². The average Bonchev–Trinajstić information content (AvgIpc) is 1.70. The van der Waals surface area contributed by atoms with Gasteiger partial charge in [-0.1, -0.05) is 390 Å². The number of nitrogens with zero attached hydrogens (tertiary/aromatic N) is 4. The summed E-state index contributed by atoms with van der Waals surface area (Å²) in [6.07, 6.45) is 9.07. The Balaban J connectivity index is 0.524. The van der Waals surface area contributed by atoms with E-state index in [1.807, 2.05) is 0 Å². The molecule has 2 heterocycles. The number of hydrogen-bond donors (Lipinski definition) is 0. The summed E-state index contributed by atoms with van der Waals surface area (Å²) in [5, 5.41) is 14.8. The molecule has 0 bridgehead atoms. The van der Waals surface area contributed by atoms with Crippen molar-refractivity contribution >= 4 is 126 Å². The normalized spacial score (nSPS) is 12.7. The van der Waals surface area contributed by atoms with Gasteiger partial charge in [-0.25, -0.2) is 0 Å². The summed E-state index contributed by atoms with van der Waals surface area (Å²) in [5.41, 5.74) is 42.3. The minimum atomic E-state index is -0.268. The number of anilines is 6. The fraction of sp³-hybridized carbons (Fsp3) is 0.0360. The molecule has 2 aliphatic rings. The van der Waals surface area contributed by atoms with Gasteiger partial charge in [-0.2, -0.15) is 0 Å². The van der Waals surface area contributed by atoms with E-state index in [9.17, 15) is 0 Å². The Morgan fingerprint density at radius 2 is 0.483 bits per heavy atom. The minimum absolute atomic E-state index is 0.268. The van der Waals surface area contributed by atoms with Gasteiger partial charge in [0.2, 0.25) is 0 Å². The molecule has 0 aliphatic heterocycles. The second-order valence-corrected chi connectivity index (χ2v) is 38.8. The third kappa shape index (κ3) is 14.4. The minimum Gasteiger partial charge on any atom is -0.311 e. The summed E-state index contributed by atoms with van der Waals surface area (Å²) in [5.74, 6) is 0. The Bertz CT molecular complexity index is 9260. The van der Waals surface area contributed by atoms with Crippen molar-refractivity contribution in [1.82, 2.24) is 9.13 Å². The van der Waals surface area contributed by atoms with E-state index in [4.69, 9.17) is 0 Å². The van der Waals surface area contributed by atoms with Crippen molar-refractivity contribution in [3.8, 4) is 123 Å². The van der Waals surface area contributed by atoms with Crippen molar-refractivity contribution < 1.29 is 0 Å². The van der Waals surface area contributed by atoms with Crippen molar-refractivity contribution in [2.75, 3.05) is 9.80 Å². The third-order valence-corrected chi connectivity index (χ3v) is 30.3. The van der Waals surface area contributed by atoms with E-state index in [1.165, 1.54) is 181 Å². The molecule has 2 aliphatic carbocycles. The SMILES string of the molecule is CC1(C)c2ccccc2-c2c(-c3ccc(-n4c5ccccc5c5cc(-c6ccc(N(c7ccc(-c8ccc(C9=CCCC=C9)cc8)cc7)c7ccc(-c8c9ccccc9c(-c9ccccc9)c9ccccc89)cc7)cc6)ccc54)cc3)cc(-c3ccc(N(c4ccc(-c5ccc6c(c5)c5ccccc5n6-c5ccccc5)cc4)c4ccc(-c5c6ccccc6c(-c6ccccc6)c6ccccc56)cc4)cc3)cc21. The highest BCUT2D eigenvalue weighted by Crippen LogP contribution is 2.56. The van der Waals surface area contributed by atoms with Crippen LogP contribution in [0, 0.1) is 0 Å².